The van der Waals surface area contributed by atoms with Gasteiger partial charge >= 0.3 is 0 Å². The van der Waals surface area contributed by atoms with Crippen molar-refractivity contribution >= 4 is 29.1 Å². The minimum absolute atomic E-state index is 0.0364. The van der Waals surface area contributed by atoms with Crippen molar-refractivity contribution in [1.29, 1.82) is 0 Å². The normalized spacial score (nSPS) is 16.5. The summed E-state index contributed by atoms with van der Waals surface area (Å²) >= 11 is 6.62. The van der Waals surface area contributed by atoms with Gasteiger partial charge < -0.3 is 14.5 Å². The highest BCUT2D eigenvalue weighted by atomic mass is 35.5. The van der Waals surface area contributed by atoms with Gasteiger partial charge in [-0.05, 0) is 48.2 Å². The maximum absolute atomic E-state index is 13.6. The number of carbonyl (C=O) groups is 2. The SMILES string of the molecule is CN1C(=O)[C@H](N2CCc3c(nn(Cc4ccccc4)c3Cl)C2=O)COc2ccc(C#Cc3ccccn3)cc21. The molecule has 0 unspecified atom stereocenters. The summed E-state index contributed by atoms with van der Waals surface area (Å²) in [5.41, 5.74) is 3.99. The summed E-state index contributed by atoms with van der Waals surface area (Å²) in [7, 11) is 1.68. The quantitative estimate of drug-likeness (QED) is 0.371. The third-order valence-electron chi connectivity index (χ3n) is 6.93. The van der Waals surface area contributed by atoms with Crippen LogP contribution in [0, 0.1) is 11.8 Å². The van der Waals surface area contributed by atoms with Gasteiger partial charge in [0.2, 0.25) is 0 Å². The van der Waals surface area contributed by atoms with E-state index >= 15 is 0 Å². The number of benzene rings is 2. The number of nitrogens with zero attached hydrogens (tertiary/aromatic N) is 5. The second-order valence-corrected chi connectivity index (χ2v) is 9.74. The van der Waals surface area contributed by atoms with Gasteiger partial charge in [0.15, 0.2) is 5.69 Å². The molecule has 0 spiro atoms. The van der Waals surface area contributed by atoms with E-state index in [1.165, 1.54) is 4.90 Å². The molecule has 4 aromatic rings. The van der Waals surface area contributed by atoms with Crippen LogP contribution >= 0.6 is 11.6 Å². The van der Waals surface area contributed by atoms with Crippen molar-refractivity contribution in [3.8, 4) is 17.6 Å². The van der Waals surface area contributed by atoms with Crippen LogP contribution in [0.25, 0.3) is 0 Å². The van der Waals surface area contributed by atoms with Crippen molar-refractivity contribution in [3.05, 3.63) is 106 Å². The second kappa shape index (κ2) is 10.3. The van der Waals surface area contributed by atoms with Gasteiger partial charge in [-0.3, -0.25) is 9.59 Å². The number of pyridine rings is 1. The minimum Gasteiger partial charge on any atom is -0.489 e. The highest BCUT2D eigenvalue weighted by Gasteiger charge is 2.40. The zero-order valence-corrected chi connectivity index (χ0v) is 21.9. The van der Waals surface area contributed by atoms with E-state index in [0.717, 1.165) is 11.1 Å². The number of hydrogen-bond donors (Lipinski definition) is 0. The van der Waals surface area contributed by atoms with E-state index < -0.39 is 6.04 Å². The van der Waals surface area contributed by atoms with Gasteiger partial charge in [-0.2, -0.15) is 5.10 Å². The molecule has 2 aromatic heterocycles. The van der Waals surface area contributed by atoms with Crippen molar-refractivity contribution in [2.45, 2.75) is 19.0 Å². The maximum Gasteiger partial charge on any atom is 0.275 e. The molecule has 0 aliphatic carbocycles. The van der Waals surface area contributed by atoms with Crippen molar-refractivity contribution in [3.63, 3.8) is 0 Å². The number of amides is 2. The topological polar surface area (TPSA) is 80.6 Å². The Labute approximate surface area is 230 Å². The first-order valence-electron chi connectivity index (χ1n) is 12.6. The van der Waals surface area contributed by atoms with Crippen LogP contribution in [0.1, 0.15) is 32.9 Å². The number of fused-ring (bicyclic) bond motifs is 2. The molecule has 0 bridgehead atoms. The Hall–Kier alpha value is -4.61. The zero-order valence-electron chi connectivity index (χ0n) is 21.2. The number of aromatic nitrogens is 3. The molecule has 0 fully saturated rings. The minimum atomic E-state index is -0.802. The Balaban J connectivity index is 1.23. The third kappa shape index (κ3) is 4.73. The fourth-order valence-electron chi connectivity index (χ4n) is 4.86. The van der Waals surface area contributed by atoms with Crippen LogP contribution in [-0.2, 0) is 17.8 Å². The van der Waals surface area contributed by atoms with Crippen LogP contribution in [0.2, 0.25) is 5.15 Å². The summed E-state index contributed by atoms with van der Waals surface area (Å²) in [5.74, 6) is 6.11. The first-order valence-corrected chi connectivity index (χ1v) is 12.9. The molecule has 0 saturated carbocycles. The molecule has 6 rings (SSSR count). The number of rotatable bonds is 3. The lowest BCUT2D eigenvalue weighted by Gasteiger charge is -2.33. The van der Waals surface area contributed by atoms with Gasteiger partial charge in [-0.25, -0.2) is 9.67 Å². The average molecular weight is 538 g/mol. The number of hydrogen-bond acceptors (Lipinski definition) is 5. The number of likely N-dealkylation sites (N-methyl/N-ethyl adjacent to an activating group) is 1. The average Bonchev–Trinajstić information content (AvgIpc) is 3.23. The Morgan fingerprint density at radius 2 is 1.87 bits per heavy atom. The van der Waals surface area contributed by atoms with Gasteiger partial charge in [0, 0.05) is 30.9 Å². The van der Waals surface area contributed by atoms with Crippen molar-refractivity contribution in [1.82, 2.24) is 19.7 Å². The Kier molecular flexibility index (Phi) is 6.51. The van der Waals surface area contributed by atoms with E-state index in [-0.39, 0.29) is 24.1 Å². The number of carbonyl (C=O) groups excluding carboxylic acids is 2. The fourth-order valence-corrected chi connectivity index (χ4v) is 5.14. The summed E-state index contributed by atoms with van der Waals surface area (Å²) in [4.78, 5) is 34.5. The van der Waals surface area contributed by atoms with Gasteiger partial charge in [0.25, 0.3) is 11.8 Å². The number of anilines is 1. The molecule has 0 N–H and O–H groups in total. The summed E-state index contributed by atoms with van der Waals surface area (Å²) in [6, 6.07) is 20.0. The van der Waals surface area contributed by atoms with Crippen LogP contribution in [0.5, 0.6) is 5.75 Å². The highest BCUT2D eigenvalue weighted by Crippen LogP contribution is 2.34. The molecular weight excluding hydrogens is 514 g/mol. The fraction of sp³-hybridized carbons (Fsp3) is 0.200. The number of ether oxygens (including phenoxy) is 1. The zero-order chi connectivity index (χ0) is 26.9. The predicted molar refractivity (Wildman–Crippen MR) is 147 cm³/mol. The molecule has 2 aromatic carbocycles. The van der Waals surface area contributed by atoms with Crippen LogP contribution in [-0.4, -0.2) is 57.7 Å². The molecule has 2 aliphatic rings. The van der Waals surface area contributed by atoms with Crippen LogP contribution < -0.4 is 9.64 Å². The van der Waals surface area contributed by atoms with E-state index in [4.69, 9.17) is 16.3 Å². The summed E-state index contributed by atoms with van der Waals surface area (Å²) < 4.78 is 7.69. The predicted octanol–water partition coefficient (Wildman–Crippen LogP) is 3.80. The largest absolute Gasteiger partial charge is 0.489 e. The van der Waals surface area contributed by atoms with Gasteiger partial charge in [0.05, 0.1) is 12.2 Å². The first kappa shape index (κ1) is 24.7. The van der Waals surface area contributed by atoms with E-state index in [0.29, 0.717) is 47.4 Å². The molecule has 9 heteroatoms. The van der Waals surface area contributed by atoms with Crippen molar-refractivity contribution in [2.24, 2.45) is 0 Å². The molecular formula is C30H24ClN5O3. The van der Waals surface area contributed by atoms with E-state index in [9.17, 15) is 9.59 Å². The van der Waals surface area contributed by atoms with Gasteiger partial charge in [-0.15, -0.1) is 0 Å². The second-order valence-electron chi connectivity index (χ2n) is 9.38. The Morgan fingerprint density at radius 1 is 1.05 bits per heavy atom. The van der Waals surface area contributed by atoms with Crippen LogP contribution in [0.4, 0.5) is 5.69 Å². The highest BCUT2D eigenvalue weighted by molar-refractivity contribution is 6.31. The molecule has 2 amide bonds. The molecule has 39 heavy (non-hydrogen) atoms. The lowest BCUT2D eigenvalue weighted by molar-refractivity contribution is -0.123. The summed E-state index contributed by atoms with van der Waals surface area (Å²) in [5, 5.41) is 5.00. The molecule has 194 valence electrons. The third-order valence-corrected chi connectivity index (χ3v) is 7.36. The van der Waals surface area contributed by atoms with E-state index in [1.807, 2.05) is 60.7 Å². The molecule has 2 aliphatic heterocycles. The molecule has 1 atom stereocenters. The standard InChI is InChI=1S/C30H24ClN5O3/c1-34-24-17-20(10-12-22-9-5-6-15-32-22)11-13-26(24)39-19-25(29(34)37)35-16-14-23-27(30(35)38)33-36(28(23)31)18-21-7-3-2-4-8-21/h2-9,11,13,15,17,25H,14,16,18-19H2,1H3/t25-/m1/s1. The lowest BCUT2D eigenvalue weighted by atomic mass is 10.0. The lowest BCUT2D eigenvalue weighted by Crippen LogP contribution is -2.54. The van der Waals surface area contributed by atoms with Crippen molar-refractivity contribution < 1.29 is 14.3 Å². The summed E-state index contributed by atoms with van der Waals surface area (Å²) in [6.07, 6.45) is 2.19. The Bertz CT molecular complexity index is 1630. The van der Waals surface area contributed by atoms with Crippen molar-refractivity contribution in [2.75, 3.05) is 25.1 Å². The Morgan fingerprint density at radius 3 is 2.67 bits per heavy atom. The van der Waals surface area contributed by atoms with Gasteiger partial charge in [-0.1, -0.05) is 53.9 Å². The summed E-state index contributed by atoms with van der Waals surface area (Å²) in [6.45, 7) is 0.830. The number of halogens is 1. The monoisotopic (exact) mass is 537 g/mol. The molecule has 0 radical (unpaired) electrons. The maximum atomic E-state index is 13.6. The van der Waals surface area contributed by atoms with Crippen LogP contribution in [0.15, 0.2) is 72.9 Å². The molecule has 8 nitrogen and oxygen atoms in total. The van der Waals surface area contributed by atoms with Crippen LogP contribution in [0.3, 0.4) is 0 Å². The molecule has 4 heterocycles. The molecule has 0 saturated heterocycles. The van der Waals surface area contributed by atoms with Gasteiger partial charge in [0.1, 0.15) is 29.2 Å². The first-order chi connectivity index (χ1) is 19.0. The smallest absolute Gasteiger partial charge is 0.275 e. The van der Waals surface area contributed by atoms with E-state index in [2.05, 4.69) is 21.9 Å². The van der Waals surface area contributed by atoms with E-state index in [1.54, 1.807) is 28.9 Å².